The number of ether oxygens (including phenoxy) is 2. The number of hydrogen-bond donors (Lipinski definition) is 2. The summed E-state index contributed by atoms with van der Waals surface area (Å²) in [5, 5.41) is 5.94. The maximum Gasteiger partial charge on any atom is 0.306 e. The molecule has 3 aromatic rings. The Labute approximate surface area is 215 Å². The van der Waals surface area contributed by atoms with Crippen molar-refractivity contribution in [3.8, 4) is 11.5 Å². The Bertz CT molecular complexity index is 1240. The van der Waals surface area contributed by atoms with Crippen molar-refractivity contribution in [1.29, 1.82) is 0 Å². The number of nitrogens with one attached hydrogen (secondary N) is 2. The number of hydrogen-bond acceptors (Lipinski definition) is 5. The quantitative estimate of drug-likeness (QED) is 0.311. The first-order chi connectivity index (χ1) is 17.2. The van der Waals surface area contributed by atoms with Crippen molar-refractivity contribution in [1.82, 2.24) is 0 Å². The van der Waals surface area contributed by atoms with Crippen molar-refractivity contribution in [2.45, 2.75) is 40.0 Å². The fourth-order valence-electron chi connectivity index (χ4n) is 3.27. The van der Waals surface area contributed by atoms with E-state index in [2.05, 4.69) is 10.6 Å². The monoisotopic (exact) mass is 508 g/mol. The standard InChI is InChI=1S/C28H29ClN2O5/c1-18-8-12-24(15-20(18)3)36-23-13-10-22(11-14-23)30-26(32)5-4-6-28(34)35-17-27(33)31-25-16-21(29)9-7-19(25)2/h7-16H,4-6,17H2,1-3H3,(H,30,32)(H,31,33). The van der Waals surface area contributed by atoms with Crippen molar-refractivity contribution in [2.24, 2.45) is 0 Å². The zero-order valence-electron chi connectivity index (χ0n) is 20.5. The highest BCUT2D eigenvalue weighted by molar-refractivity contribution is 6.31. The molecular formula is C28H29ClN2O5. The average molecular weight is 509 g/mol. The fourth-order valence-corrected chi connectivity index (χ4v) is 3.44. The number of halogens is 1. The lowest BCUT2D eigenvalue weighted by Crippen LogP contribution is -2.21. The van der Waals surface area contributed by atoms with Crippen LogP contribution in [0.2, 0.25) is 5.02 Å². The van der Waals surface area contributed by atoms with E-state index >= 15 is 0 Å². The molecule has 8 heteroatoms. The maximum atomic E-state index is 12.2. The van der Waals surface area contributed by atoms with E-state index in [4.69, 9.17) is 21.1 Å². The van der Waals surface area contributed by atoms with Crippen LogP contribution in [0, 0.1) is 20.8 Å². The van der Waals surface area contributed by atoms with Gasteiger partial charge in [0, 0.05) is 29.2 Å². The molecular weight excluding hydrogens is 480 g/mol. The van der Waals surface area contributed by atoms with E-state index < -0.39 is 18.5 Å². The first kappa shape index (κ1) is 26.8. The molecule has 0 saturated carbocycles. The second-order valence-electron chi connectivity index (χ2n) is 8.44. The van der Waals surface area contributed by atoms with Gasteiger partial charge in [-0.25, -0.2) is 0 Å². The summed E-state index contributed by atoms with van der Waals surface area (Å²) in [6.45, 7) is 5.49. The Balaban J connectivity index is 1.35. The van der Waals surface area contributed by atoms with Crippen molar-refractivity contribution in [3.63, 3.8) is 0 Å². The minimum atomic E-state index is -0.548. The van der Waals surface area contributed by atoms with Crippen LogP contribution in [0.3, 0.4) is 0 Å². The third kappa shape index (κ3) is 8.43. The van der Waals surface area contributed by atoms with Gasteiger partial charge in [0.1, 0.15) is 11.5 Å². The van der Waals surface area contributed by atoms with E-state index in [0.29, 0.717) is 28.6 Å². The van der Waals surface area contributed by atoms with Crippen molar-refractivity contribution < 1.29 is 23.9 Å². The van der Waals surface area contributed by atoms with E-state index in [-0.39, 0.29) is 18.7 Å². The highest BCUT2D eigenvalue weighted by atomic mass is 35.5. The predicted molar refractivity (Wildman–Crippen MR) is 141 cm³/mol. The molecule has 2 amide bonds. The number of carbonyl (C=O) groups excluding carboxylic acids is 3. The Morgan fingerprint density at radius 1 is 0.750 bits per heavy atom. The zero-order valence-corrected chi connectivity index (χ0v) is 21.3. The highest BCUT2D eigenvalue weighted by Crippen LogP contribution is 2.25. The van der Waals surface area contributed by atoms with Crippen molar-refractivity contribution >= 4 is 40.8 Å². The van der Waals surface area contributed by atoms with Gasteiger partial charge in [-0.3, -0.25) is 14.4 Å². The number of rotatable bonds is 10. The summed E-state index contributed by atoms with van der Waals surface area (Å²) in [6, 6.07) is 18.1. The number of esters is 1. The summed E-state index contributed by atoms with van der Waals surface area (Å²) in [5.74, 6) is 0.178. The molecule has 2 N–H and O–H groups in total. The molecule has 3 aromatic carbocycles. The van der Waals surface area contributed by atoms with Gasteiger partial charge in [0.15, 0.2) is 6.61 Å². The van der Waals surface area contributed by atoms with Gasteiger partial charge in [-0.2, -0.15) is 0 Å². The van der Waals surface area contributed by atoms with Gasteiger partial charge in [-0.05, 0) is 92.4 Å². The minimum Gasteiger partial charge on any atom is -0.457 e. The first-order valence-corrected chi connectivity index (χ1v) is 11.9. The van der Waals surface area contributed by atoms with E-state index in [0.717, 1.165) is 16.9 Å². The molecule has 0 saturated heterocycles. The summed E-state index contributed by atoms with van der Waals surface area (Å²) in [4.78, 5) is 36.1. The summed E-state index contributed by atoms with van der Waals surface area (Å²) in [5.41, 5.74) is 4.38. The Kier molecular flexibility index (Phi) is 9.47. The first-order valence-electron chi connectivity index (χ1n) is 11.6. The summed E-state index contributed by atoms with van der Waals surface area (Å²) in [6.07, 6.45) is 0.469. The van der Waals surface area contributed by atoms with Gasteiger partial charge in [0.05, 0.1) is 0 Å². The molecule has 0 bridgehead atoms. The highest BCUT2D eigenvalue weighted by Gasteiger charge is 2.11. The molecule has 0 aliphatic carbocycles. The van der Waals surface area contributed by atoms with E-state index in [1.165, 1.54) is 5.56 Å². The smallest absolute Gasteiger partial charge is 0.306 e. The molecule has 0 aliphatic rings. The van der Waals surface area contributed by atoms with Gasteiger partial charge in [-0.1, -0.05) is 23.7 Å². The van der Waals surface area contributed by atoms with Crippen LogP contribution in [0.15, 0.2) is 60.7 Å². The SMILES string of the molecule is Cc1ccc(Oc2ccc(NC(=O)CCCC(=O)OCC(=O)Nc3cc(Cl)ccc3C)cc2)cc1C. The number of benzene rings is 3. The third-order valence-electron chi connectivity index (χ3n) is 5.47. The minimum absolute atomic E-state index is 0.0274. The van der Waals surface area contributed by atoms with Gasteiger partial charge in [-0.15, -0.1) is 0 Å². The number of carbonyl (C=O) groups is 3. The Hall–Kier alpha value is -3.84. The number of anilines is 2. The lowest BCUT2D eigenvalue weighted by Gasteiger charge is -2.10. The maximum absolute atomic E-state index is 12.2. The van der Waals surface area contributed by atoms with Gasteiger partial charge >= 0.3 is 5.97 Å². The average Bonchev–Trinajstić information content (AvgIpc) is 2.84. The van der Waals surface area contributed by atoms with Crippen LogP contribution in [0.5, 0.6) is 11.5 Å². The normalized spacial score (nSPS) is 10.4. The molecule has 36 heavy (non-hydrogen) atoms. The van der Waals surface area contributed by atoms with Crippen molar-refractivity contribution in [3.05, 3.63) is 82.4 Å². The molecule has 0 atom stereocenters. The van der Waals surface area contributed by atoms with Crippen LogP contribution in [-0.2, 0) is 19.1 Å². The molecule has 188 valence electrons. The van der Waals surface area contributed by atoms with Gasteiger partial charge in [0.25, 0.3) is 5.91 Å². The summed E-state index contributed by atoms with van der Waals surface area (Å²) < 4.78 is 10.8. The second kappa shape index (κ2) is 12.7. The van der Waals surface area contributed by atoms with Crippen LogP contribution in [0.25, 0.3) is 0 Å². The molecule has 0 aliphatic heterocycles. The van der Waals surface area contributed by atoms with E-state index in [1.807, 2.05) is 39.0 Å². The molecule has 0 fully saturated rings. The molecule has 0 heterocycles. The van der Waals surface area contributed by atoms with Gasteiger partial charge < -0.3 is 20.1 Å². The summed E-state index contributed by atoms with van der Waals surface area (Å²) >= 11 is 5.93. The molecule has 0 spiro atoms. The van der Waals surface area contributed by atoms with Crippen molar-refractivity contribution in [2.75, 3.05) is 17.2 Å². The molecule has 0 radical (unpaired) electrons. The number of aryl methyl sites for hydroxylation is 3. The van der Waals surface area contributed by atoms with Gasteiger partial charge in [0.2, 0.25) is 5.91 Å². The van der Waals surface area contributed by atoms with Crippen LogP contribution < -0.4 is 15.4 Å². The Morgan fingerprint density at radius 3 is 2.17 bits per heavy atom. The topological polar surface area (TPSA) is 93.7 Å². The molecule has 7 nitrogen and oxygen atoms in total. The fraction of sp³-hybridized carbons (Fsp3) is 0.250. The lowest BCUT2D eigenvalue weighted by molar-refractivity contribution is -0.147. The predicted octanol–water partition coefficient (Wildman–Crippen LogP) is 6.35. The van der Waals surface area contributed by atoms with Crippen LogP contribution in [-0.4, -0.2) is 24.4 Å². The van der Waals surface area contributed by atoms with Crippen LogP contribution in [0.1, 0.15) is 36.0 Å². The lowest BCUT2D eigenvalue weighted by atomic mass is 10.1. The second-order valence-corrected chi connectivity index (χ2v) is 8.88. The Morgan fingerprint density at radius 2 is 1.44 bits per heavy atom. The largest absolute Gasteiger partial charge is 0.457 e. The van der Waals surface area contributed by atoms with Crippen LogP contribution in [0.4, 0.5) is 11.4 Å². The number of amides is 2. The van der Waals surface area contributed by atoms with E-state index in [9.17, 15) is 14.4 Å². The van der Waals surface area contributed by atoms with Crippen LogP contribution >= 0.6 is 11.6 Å². The molecule has 0 unspecified atom stereocenters. The third-order valence-corrected chi connectivity index (χ3v) is 5.71. The molecule has 0 aromatic heterocycles. The summed E-state index contributed by atoms with van der Waals surface area (Å²) in [7, 11) is 0. The van der Waals surface area contributed by atoms with E-state index in [1.54, 1.807) is 42.5 Å². The zero-order chi connectivity index (χ0) is 26.1. The molecule has 3 rings (SSSR count).